The normalized spacial score (nSPS) is 19.2. The minimum Gasteiger partial charge on any atom is -0.508 e. The zero-order valence-electron chi connectivity index (χ0n) is 21.2. The second kappa shape index (κ2) is 10.0. The Morgan fingerprint density at radius 1 is 1.19 bits per heavy atom. The van der Waals surface area contributed by atoms with E-state index in [4.69, 9.17) is 9.47 Å². The molecular weight excluding hydrogens is 479 g/mol. The zero-order chi connectivity index (χ0) is 26.3. The van der Waals surface area contributed by atoms with Crippen LogP contribution in [0.1, 0.15) is 29.3 Å². The Bertz CT molecular complexity index is 1340. The number of carbonyl (C=O) groups excluding carboxylic acids is 2. The Morgan fingerprint density at radius 2 is 2.00 bits per heavy atom. The van der Waals surface area contributed by atoms with E-state index >= 15 is 4.39 Å². The maximum atomic E-state index is 15.7. The quantitative estimate of drug-likeness (QED) is 0.339. The lowest BCUT2D eigenvalue weighted by molar-refractivity contribution is -0.128. The van der Waals surface area contributed by atoms with Crippen LogP contribution in [-0.2, 0) is 16.0 Å². The van der Waals surface area contributed by atoms with Gasteiger partial charge in [-0.2, -0.15) is 0 Å². The largest absolute Gasteiger partial charge is 0.508 e. The van der Waals surface area contributed by atoms with Crippen LogP contribution in [0.15, 0.2) is 36.4 Å². The second-order valence-corrected chi connectivity index (χ2v) is 9.71. The molecule has 2 aromatic carbocycles. The lowest BCUT2D eigenvalue weighted by Crippen LogP contribution is -2.44. The predicted molar refractivity (Wildman–Crippen MR) is 135 cm³/mol. The Kier molecular flexibility index (Phi) is 6.78. The first kappa shape index (κ1) is 25.0. The summed E-state index contributed by atoms with van der Waals surface area (Å²) in [7, 11) is 5.42. The van der Waals surface area contributed by atoms with Gasteiger partial charge in [0.1, 0.15) is 24.4 Å². The second-order valence-electron chi connectivity index (χ2n) is 9.71. The molecule has 196 valence electrons. The van der Waals surface area contributed by atoms with E-state index in [9.17, 15) is 14.7 Å². The molecule has 5 rings (SSSR count). The van der Waals surface area contributed by atoms with Gasteiger partial charge in [0, 0.05) is 36.7 Å². The molecule has 2 atom stereocenters. The SMILES string of the molecule is COCCOc1ccc2[nH]c3c(c2c1F)CC1C(=O)N(CCCN(C)C)C(=O)N1C3c1cccc(O)c1. The number of amides is 3. The van der Waals surface area contributed by atoms with Crippen LogP contribution in [0.2, 0.25) is 0 Å². The molecule has 3 heterocycles. The van der Waals surface area contributed by atoms with Crippen molar-refractivity contribution in [1.82, 2.24) is 19.7 Å². The maximum absolute atomic E-state index is 15.7. The number of carbonyl (C=O) groups is 2. The number of imide groups is 1. The first-order chi connectivity index (χ1) is 17.8. The molecule has 0 spiro atoms. The fraction of sp³-hybridized carbons (Fsp3) is 0.407. The van der Waals surface area contributed by atoms with Gasteiger partial charge < -0.3 is 24.5 Å². The van der Waals surface area contributed by atoms with E-state index < -0.39 is 17.9 Å². The number of aromatic nitrogens is 1. The highest BCUT2D eigenvalue weighted by Gasteiger charge is 2.52. The lowest BCUT2D eigenvalue weighted by atomic mass is 9.88. The summed E-state index contributed by atoms with van der Waals surface area (Å²) >= 11 is 0. The molecule has 9 nitrogen and oxygen atoms in total. The number of hydrogen-bond acceptors (Lipinski definition) is 6. The molecule has 0 aliphatic carbocycles. The van der Waals surface area contributed by atoms with Crippen molar-refractivity contribution in [1.29, 1.82) is 0 Å². The van der Waals surface area contributed by atoms with Crippen molar-refractivity contribution in [2.45, 2.75) is 24.9 Å². The number of ether oxygens (including phenoxy) is 2. The lowest BCUT2D eigenvalue weighted by Gasteiger charge is -2.36. The molecule has 2 N–H and O–H groups in total. The van der Waals surface area contributed by atoms with E-state index in [-0.39, 0.29) is 36.5 Å². The first-order valence-electron chi connectivity index (χ1n) is 12.3. The summed E-state index contributed by atoms with van der Waals surface area (Å²) in [6.07, 6.45) is 0.824. The number of rotatable bonds is 9. The molecule has 10 heteroatoms. The highest BCUT2D eigenvalue weighted by Crippen LogP contribution is 2.45. The van der Waals surface area contributed by atoms with Gasteiger partial charge in [0.2, 0.25) is 0 Å². The number of urea groups is 1. The topological polar surface area (TPSA) is 98.3 Å². The Hall–Kier alpha value is -3.63. The van der Waals surface area contributed by atoms with E-state index in [0.29, 0.717) is 47.3 Å². The molecule has 2 unspecified atom stereocenters. The molecule has 3 aromatic rings. The third-order valence-corrected chi connectivity index (χ3v) is 7.01. The number of aromatic amines is 1. The molecule has 0 saturated carbocycles. The van der Waals surface area contributed by atoms with Crippen LogP contribution in [0.5, 0.6) is 11.5 Å². The van der Waals surface area contributed by atoms with E-state index in [1.807, 2.05) is 19.0 Å². The van der Waals surface area contributed by atoms with Gasteiger partial charge in [-0.05, 0) is 62.5 Å². The summed E-state index contributed by atoms with van der Waals surface area (Å²) in [6, 6.07) is 8.05. The van der Waals surface area contributed by atoms with Gasteiger partial charge in [0.05, 0.1) is 6.61 Å². The Balaban J connectivity index is 1.60. The highest BCUT2D eigenvalue weighted by molar-refractivity contribution is 6.05. The molecular formula is C27H31FN4O5. The fourth-order valence-electron chi connectivity index (χ4n) is 5.35. The molecule has 0 radical (unpaired) electrons. The molecule has 1 aromatic heterocycles. The van der Waals surface area contributed by atoms with Crippen LogP contribution in [0.3, 0.4) is 0 Å². The Morgan fingerprint density at radius 3 is 2.73 bits per heavy atom. The zero-order valence-corrected chi connectivity index (χ0v) is 21.2. The number of phenols is 1. The molecule has 0 bridgehead atoms. The Labute approximate surface area is 214 Å². The predicted octanol–water partition coefficient (Wildman–Crippen LogP) is 3.27. The summed E-state index contributed by atoms with van der Waals surface area (Å²) < 4.78 is 26.3. The number of nitrogens with zero attached hydrogens (tertiary/aromatic N) is 3. The van der Waals surface area contributed by atoms with Crippen molar-refractivity contribution in [3.8, 4) is 11.5 Å². The summed E-state index contributed by atoms with van der Waals surface area (Å²) in [5, 5.41) is 10.6. The van der Waals surface area contributed by atoms with Crippen molar-refractivity contribution in [2.75, 3.05) is 47.5 Å². The number of aromatic hydroxyl groups is 1. The van der Waals surface area contributed by atoms with Gasteiger partial charge in [-0.1, -0.05) is 12.1 Å². The smallest absolute Gasteiger partial charge is 0.328 e. The van der Waals surface area contributed by atoms with Crippen LogP contribution < -0.4 is 4.74 Å². The van der Waals surface area contributed by atoms with E-state index in [0.717, 1.165) is 6.54 Å². The van der Waals surface area contributed by atoms with Gasteiger partial charge in [-0.15, -0.1) is 0 Å². The first-order valence-corrected chi connectivity index (χ1v) is 12.3. The van der Waals surface area contributed by atoms with E-state index in [2.05, 4.69) is 4.98 Å². The molecule has 2 aliphatic rings. The third-order valence-electron chi connectivity index (χ3n) is 7.01. The summed E-state index contributed by atoms with van der Waals surface area (Å²) in [6.45, 7) is 1.55. The van der Waals surface area contributed by atoms with Crippen molar-refractivity contribution in [3.05, 3.63) is 59.0 Å². The average molecular weight is 511 g/mol. The van der Waals surface area contributed by atoms with Crippen molar-refractivity contribution in [3.63, 3.8) is 0 Å². The summed E-state index contributed by atoms with van der Waals surface area (Å²) in [5.41, 5.74) is 2.44. The number of hydrogen-bond donors (Lipinski definition) is 2. The van der Waals surface area contributed by atoms with E-state index in [1.165, 1.54) is 4.90 Å². The number of benzene rings is 2. The van der Waals surface area contributed by atoms with E-state index in [1.54, 1.807) is 48.4 Å². The summed E-state index contributed by atoms with van der Waals surface area (Å²) in [4.78, 5) is 35.3. The minimum absolute atomic E-state index is 0.0399. The number of halogens is 1. The minimum atomic E-state index is -0.775. The third kappa shape index (κ3) is 4.40. The monoisotopic (exact) mass is 510 g/mol. The van der Waals surface area contributed by atoms with Gasteiger partial charge in [-0.3, -0.25) is 14.6 Å². The number of H-pyrrole nitrogens is 1. The molecule has 1 saturated heterocycles. The van der Waals surface area contributed by atoms with Gasteiger partial charge in [-0.25, -0.2) is 9.18 Å². The van der Waals surface area contributed by atoms with Crippen LogP contribution in [0, 0.1) is 5.82 Å². The molecule has 2 aliphatic heterocycles. The number of phenolic OH excluding ortho intramolecular Hbond substituents is 1. The standard InChI is InChI=1S/C27H31FN4O5/c1-30(2)10-5-11-31-26(34)20-15-18-22-19(8-9-21(23(22)28)37-13-12-36-3)29-24(18)25(32(20)27(31)35)16-6-4-7-17(33)14-16/h4,6-9,14,20,25,29,33H,5,10-13,15H2,1-3H3. The maximum Gasteiger partial charge on any atom is 0.328 e. The molecule has 3 amide bonds. The molecule has 37 heavy (non-hydrogen) atoms. The van der Waals surface area contributed by atoms with Crippen LogP contribution in [0.4, 0.5) is 9.18 Å². The van der Waals surface area contributed by atoms with Gasteiger partial charge >= 0.3 is 6.03 Å². The fourth-order valence-corrected chi connectivity index (χ4v) is 5.35. The van der Waals surface area contributed by atoms with Crippen molar-refractivity contribution < 1.29 is 28.6 Å². The average Bonchev–Trinajstić information content (AvgIpc) is 3.35. The van der Waals surface area contributed by atoms with Gasteiger partial charge in [0.25, 0.3) is 5.91 Å². The van der Waals surface area contributed by atoms with Crippen molar-refractivity contribution in [2.24, 2.45) is 0 Å². The van der Waals surface area contributed by atoms with Crippen LogP contribution in [0.25, 0.3) is 10.9 Å². The number of nitrogens with one attached hydrogen (secondary N) is 1. The summed E-state index contributed by atoms with van der Waals surface area (Å²) in [5.74, 6) is -0.671. The van der Waals surface area contributed by atoms with Crippen LogP contribution >= 0.6 is 0 Å². The van der Waals surface area contributed by atoms with Gasteiger partial charge in [0.15, 0.2) is 11.6 Å². The van der Waals surface area contributed by atoms with Crippen LogP contribution in [-0.4, -0.2) is 90.3 Å². The number of fused-ring (bicyclic) bond motifs is 4. The highest BCUT2D eigenvalue weighted by atomic mass is 19.1. The number of methoxy groups -OCH3 is 1. The molecule has 1 fully saturated rings. The van der Waals surface area contributed by atoms with Crippen molar-refractivity contribution >= 4 is 22.8 Å².